The van der Waals surface area contributed by atoms with E-state index in [1.54, 1.807) is 12.1 Å². The number of benzene rings is 1. The van der Waals surface area contributed by atoms with Gasteiger partial charge in [-0.25, -0.2) is 4.98 Å². The van der Waals surface area contributed by atoms with E-state index < -0.39 is 17.8 Å². The average molecular weight is 328 g/mol. The maximum atomic E-state index is 12.5. The van der Waals surface area contributed by atoms with E-state index >= 15 is 0 Å². The molecule has 22 heavy (non-hydrogen) atoms. The molecular weight excluding hydrogens is 317 g/mol. The van der Waals surface area contributed by atoms with Crippen molar-refractivity contribution < 1.29 is 22.7 Å². The second-order valence-electron chi connectivity index (χ2n) is 4.74. The minimum atomic E-state index is -4.46. The number of rotatable bonds is 3. The molecule has 1 amide bonds. The van der Waals surface area contributed by atoms with Crippen LogP contribution in [0.2, 0.25) is 0 Å². The summed E-state index contributed by atoms with van der Waals surface area (Å²) >= 11 is 0.869. The highest BCUT2D eigenvalue weighted by atomic mass is 32.1. The lowest BCUT2D eigenvalue weighted by atomic mass is 10.0. The van der Waals surface area contributed by atoms with Crippen molar-refractivity contribution in [2.45, 2.75) is 18.6 Å². The van der Waals surface area contributed by atoms with Gasteiger partial charge in [-0.15, -0.1) is 11.3 Å². The standard InChI is InChI=1S/C14H11F3N2O2S/c15-14(16,17)11-7-22-12(19-11)5-18-13(20)9-6-21-10-4-2-1-3-8(9)10/h1-4,7,9H,5-6H2,(H,18,20). The molecule has 0 aliphatic carbocycles. The highest BCUT2D eigenvalue weighted by Crippen LogP contribution is 2.33. The van der Waals surface area contributed by atoms with Crippen molar-refractivity contribution in [2.75, 3.05) is 6.61 Å². The van der Waals surface area contributed by atoms with E-state index in [9.17, 15) is 18.0 Å². The van der Waals surface area contributed by atoms with Gasteiger partial charge < -0.3 is 10.1 Å². The number of halogens is 3. The Morgan fingerprint density at radius 1 is 1.41 bits per heavy atom. The van der Waals surface area contributed by atoms with Crippen LogP contribution < -0.4 is 10.1 Å². The molecule has 116 valence electrons. The molecule has 1 aliphatic rings. The quantitative estimate of drug-likeness (QED) is 0.942. The van der Waals surface area contributed by atoms with Gasteiger partial charge >= 0.3 is 6.18 Å². The number of aromatic nitrogens is 1. The highest BCUT2D eigenvalue weighted by molar-refractivity contribution is 7.09. The van der Waals surface area contributed by atoms with Gasteiger partial charge in [-0.2, -0.15) is 13.2 Å². The Morgan fingerprint density at radius 2 is 2.18 bits per heavy atom. The molecule has 3 rings (SSSR count). The van der Waals surface area contributed by atoms with Gasteiger partial charge in [0, 0.05) is 10.9 Å². The number of alkyl halides is 3. The lowest BCUT2D eigenvalue weighted by Gasteiger charge is -2.09. The number of hydrogen-bond donors (Lipinski definition) is 1. The zero-order chi connectivity index (χ0) is 15.7. The number of hydrogen-bond acceptors (Lipinski definition) is 4. The molecule has 0 bridgehead atoms. The van der Waals surface area contributed by atoms with Crippen LogP contribution >= 0.6 is 11.3 Å². The second kappa shape index (κ2) is 5.60. The summed E-state index contributed by atoms with van der Waals surface area (Å²) in [6.45, 7) is 0.203. The highest BCUT2D eigenvalue weighted by Gasteiger charge is 2.34. The fourth-order valence-corrected chi connectivity index (χ4v) is 2.93. The lowest BCUT2D eigenvalue weighted by Crippen LogP contribution is -2.29. The van der Waals surface area contributed by atoms with Crippen LogP contribution in [0.4, 0.5) is 13.2 Å². The lowest BCUT2D eigenvalue weighted by molar-refractivity contribution is -0.140. The minimum absolute atomic E-state index is 0.0295. The van der Waals surface area contributed by atoms with E-state index in [-0.39, 0.29) is 24.1 Å². The van der Waals surface area contributed by atoms with Crippen LogP contribution in [0.15, 0.2) is 29.6 Å². The van der Waals surface area contributed by atoms with E-state index in [4.69, 9.17) is 4.74 Å². The maximum absolute atomic E-state index is 12.5. The number of nitrogens with one attached hydrogen (secondary N) is 1. The summed E-state index contributed by atoms with van der Waals surface area (Å²) in [5.74, 6) is -0.0665. The smallest absolute Gasteiger partial charge is 0.434 e. The van der Waals surface area contributed by atoms with Crippen LogP contribution in [0, 0.1) is 0 Å². The van der Waals surface area contributed by atoms with Gasteiger partial charge in [0.15, 0.2) is 5.69 Å². The molecule has 8 heteroatoms. The molecule has 0 spiro atoms. The largest absolute Gasteiger partial charge is 0.492 e. The van der Waals surface area contributed by atoms with Gasteiger partial charge in [-0.3, -0.25) is 4.79 Å². The number of nitrogens with zero attached hydrogens (tertiary/aromatic N) is 1. The third kappa shape index (κ3) is 2.92. The predicted molar refractivity (Wildman–Crippen MR) is 73.6 cm³/mol. The Morgan fingerprint density at radius 3 is 2.91 bits per heavy atom. The molecule has 1 aromatic heterocycles. The SMILES string of the molecule is O=C(NCc1nc(C(F)(F)F)cs1)C1COc2ccccc21. The maximum Gasteiger partial charge on any atom is 0.434 e. The van der Waals surface area contributed by atoms with Gasteiger partial charge in [-0.1, -0.05) is 18.2 Å². The number of ether oxygens (including phenoxy) is 1. The molecule has 1 N–H and O–H groups in total. The first kappa shape index (κ1) is 14.8. The molecule has 2 aromatic rings. The Kier molecular flexibility index (Phi) is 3.78. The number of fused-ring (bicyclic) bond motifs is 1. The Hall–Kier alpha value is -2.09. The van der Waals surface area contributed by atoms with E-state index in [0.29, 0.717) is 5.75 Å². The monoisotopic (exact) mass is 328 g/mol. The molecule has 1 unspecified atom stereocenters. The molecule has 0 saturated carbocycles. The van der Waals surface area contributed by atoms with Crippen LogP contribution in [0.3, 0.4) is 0 Å². The fraction of sp³-hybridized carbons (Fsp3) is 0.286. The van der Waals surface area contributed by atoms with Gasteiger partial charge in [0.2, 0.25) is 5.91 Å². The Bertz CT molecular complexity index is 699. The molecule has 2 heterocycles. The first-order valence-electron chi connectivity index (χ1n) is 6.46. The van der Waals surface area contributed by atoms with E-state index in [0.717, 1.165) is 22.3 Å². The summed E-state index contributed by atoms with van der Waals surface area (Å²) in [6.07, 6.45) is -4.46. The molecule has 0 saturated heterocycles. The molecule has 0 fully saturated rings. The van der Waals surface area contributed by atoms with Crippen LogP contribution in [0.5, 0.6) is 5.75 Å². The van der Waals surface area contributed by atoms with Gasteiger partial charge in [0.1, 0.15) is 23.3 Å². The van der Waals surface area contributed by atoms with Gasteiger partial charge in [0.05, 0.1) is 6.54 Å². The number of amides is 1. The minimum Gasteiger partial charge on any atom is -0.492 e. The number of para-hydroxylation sites is 1. The van der Waals surface area contributed by atoms with Gasteiger partial charge in [0.25, 0.3) is 0 Å². The molecule has 1 aliphatic heterocycles. The first-order valence-corrected chi connectivity index (χ1v) is 7.34. The molecular formula is C14H11F3N2O2S. The molecule has 1 aromatic carbocycles. The van der Waals surface area contributed by atoms with Crippen molar-refractivity contribution in [1.29, 1.82) is 0 Å². The van der Waals surface area contributed by atoms with Crippen molar-refractivity contribution in [3.05, 3.63) is 45.9 Å². The number of carbonyl (C=O) groups excluding carboxylic acids is 1. The van der Waals surface area contributed by atoms with Crippen molar-refractivity contribution >= 4 is 17.2 Å². The zero-order valence-electron chi connectivity index (χ0n) is 11.2. The van der Waals surface area contributed by atoms with Gasteiger partial charge in [-0.05, 0) is 6.07 Å². The first-order chi connectivity index (χ1) is 10.4. The normalized spacial score (nSPS) is 17.0. The summed E-state index contributed by atoms with van der Waals surface area (Å²) < 4.78 is 42.8. The summed E-state index contributed by atoms with van der Waals surface area (Å²) in [5.41, 5.74) is -0.147. The summed E-state index contributed by atoms with van der Waals surface area (Å²) in [6, 6.07) is 7.20. The van der Waals surface area contributed by atoms with E-state index in [1.165, 1.54) is 0 Å². The van der Waals surface area contributed by atoms with Crippen molar-refractivity contribution in [3.8, 4) is 5.75 Å². The van der Waals surface area contributed by atoms with Crippen LogP contribution in [-0.2, 0) is 17.5 Å². The van der Waals surface area contributed by atoms with Crippen molar-refractivity contribution in [1.82, 2.24) is 10.3 Å². The summed E-state index contributed by atoms with van der Waals surface area (Å²) in [7, 11) is 0. The van der Waals surface area contributed by atoms with Crippen LogP contribution in [0.1, 0.15) is 22.2 Å². The molecule has 0 radical (unpaired) electrons. The van der Waals surface area contributed by atoms with E-state index in [1.807, 2.05) is 12.1 Å². The summed E-state index contributed by atoms with van der Waals surface area (Å²) in [4.78, 5) is 15.6. The van der Waals surface area contributed by atoms with Crippen molar-refractivity contribution in [3.63, 3.8) is 0 Å². The second-order valence-corrected chi connectivity index (χ2v) is 5.69. The molecule has 4 nitrogen and oxygen atoms in total. The van der Waals surface area contributed by atoms with E-state index in [2.05, 4.69) is 10.3 Å². The Labute approximate surface area is 127 Å². The zero-order valence-corrected chi connectivity index (χ0v) is 12.0. The fourth-order valence-electron chi connectivity index (χ4n) is 2.19. The average Bonchev–Trinajstić information content (AvgIpc) is 3.11. The molecule has 1 atom stereocenters. The van der Waals surface area contributed by atoms with Crippen molar-refractivity contribution in [2.24, 2.45) is 0 Å². The van der Waals surface area contributed by atoms with Crippen LogP contribution in [0.25, 0.3) is 0 Å². The topological polar surface area (TPSA) is 51.2 Å². The predicted octanol–water partition coefficient (Wildman–Crippen LogP) is 2.95. The third-order valence-corrected chi connectivity index (χ3v) is 4.12. The number of carbonyl (C=O) groups is 1. The third-order valence-electron chi connectivity index (χ3n) is 3.27. The van der Waals surface area contributed by atoms with Crippen LogP contribution in [-0.4, -0.2) is 17.5 Å². The Balaban J connectivity index is 1.63. The summed E-state index contributed by atoms with van der Waals surface area (Å²) in [5, 5.41) is 3.76. The number of thiazole rings is 1.